The van der Waals surface area contributed by atoms with E-state index in [-0.39, 0.29) is 23.5 Å². The third-order valence-corrected chi connectivity index (χ3v) is 5.92. The van der Waals surface area contributed by atoms with Crippen molar-refractivity contribution in [3.05, 3.63) is 48.0 Å². The normalized spacial score (nSPS) is 19.0. The molecule has 0 spiro atoms. The zero-order valence-corrected chi connectivity index (χ0v) is 18.2. The predicted molar refractivity (Wildman–Crippen MR) is 116 cm³/mol. The van der Waals surface area contributed by atoms with Crippen molar-refractivity contribution in [2.24, 2.45) is 0 Å². The van der Waals surface area contributed by atoms with Gasteiger partial charge in [-0.3, -0.25) is 9.59 Å². The Labute approximate surface area is 186 Å². The molecule has 2 aromatic rings. The lowest BCUT2D eigenvalue weighted by Gasteiger charge is -2.29. The summed E-state index contributed by atoms with van der Waals surface area (Å²) in [5.74, 6) is 0.416. The second kappa shape index (κ2) is 9.84. The third-order valence-electron chi connectivity index (χ3n) is 5.92. The first-order chi connectivity index (χ1) is 15.6. The number of nitrogens with zero attached hydrogens (tertiary/aromatic N) is 4. The van der Waals surface area contributed by atoms with E-state index in [1.807, 2.05) is 11.0 Å². The maximum Gasteiger partial charge on any atom is 0.339 e. The standard InChI is InChI=1S/C23H28N4O5/c1-2-31-23(30)17-8-9-20(24-16-17)25-10-5-11-26(14-13-25)21(28)18-6-3-12-27(18)22(29)19-7-4-15-32-19/h4,7-9,15-16,18H,2-3,5-6,10-14H2,1H3. The highest BCUT2D eigenvalue weighted by molar-refractivity contribution is 5.96. The highest BCUT2D eigenvalue weighted by Gasteiger charge is 2.38. The van der Waals surface area contributed by atoms with E-state index in [1.54, 1.807) is 30.0 Å². The monoisotopic (exact) mass is 440 g/mol. The molecule has 1 atom stereocenters. The van der Waals surface area contributed by atoms with Crippen molar-refractivity contribution < 1.29 is 23.5 Å². The van der Waals surface area contributed by atoms with Crippen molar-refractivity contribution in [3.63, 3.8) is 0 Å². The molecule has 9 nitrogen and oxygen atoms in total. The SMILES string of the molecule is CCOC(=O)c1ccc(N2CCCN(C(=O)C3CCCN3C(=O)c3ccco3)CC2)nc1. The highest BCUT2D eigenvalue weighted by Crippen LogP contribution is 2.23. The van der Waals surface area contributed by atoms with Gasteiger partial charge in [0.2, 0.25) is 5.91 Å². The van der Waals surface area contributed by atoms with Crippen LogP contribution >= 0.6 is 0 Å². The Kier molecular flexibility index (Phi) is 6.72. The fourth-order valence-electron chi connectivity index (χ4n) is 4.29. The number of carbonyl (C=O) groups is 3. The second-order valence-electron chi connectivity index (χ2n) is 7.93. The minimum Gasteiger partial charge on any atom is -0.462 e. The lowest BCUT2D eigenvalue weighted by Crippen LogP contribution is -2.48. The van der Waals surface area contributed by atoms with E-state index in [4.69, 9.17) is 9.15 Å². The maximum absolute atomic E-state index is 13.3. The predicted octanol–water partition coefficient (Wildman–Crippen LogP) is 2.19. The number of aromatic nitrogens is 1. The van der Waals surface area contributed by atoms with Crippen molar-refractivity contribution in [2.45, 2.75) is 32.2 Å². The van der Waals surface area contributed by atoms with Crippen LogP contribution in [0.25, 0.3) is 0 Å². The Morgan fingerprint density at radius 3 is 2.69 bits per heavy atom. The van der Waals surface area contributed by atoms with Gasteiger partial charge in [-0.05, 0) is 50.5 Å². The Hall–Kier alpha value is -3.36. The van der Waals surface area contributed by atoms with Crippen LogP contribution < -0.4 is 4.90 Å². The van der Waals surface area contributed by atoms with Crippen LogP contribution in [0.4, 0.5) is 5.82 Å². The smallest absolute Gasteiger partial charge is 0.339 e. The van der Waals surface area contributed by atoms with Gasteiger partial charge in [0, 0.05) is 38.9 Å². The summed E-state index contributed by atoms with van der Waals surface area (Å²) in [5, 5.41) is 0. The minimum absolute atomic E-state index is 0.00475. The molecule has 0 bridgehead atoms. The molecule has 32 heavy (non-hydrogen) atoms. The topological polar surface area (TPSA) is 96.2 Å². The molecule has 2 saturated heterocycles. The summed E-state index contributed by atoms with van der Waals surface area (Å²) in [6, 6.07) is 6.39. The molecule has 2 aliphatic rings. The quantitative estimate of drug-likeness (QED) is 0.658. The van der Waals surface area contributed by atoms with Gasteiger partial charge in [-0.2, -0.15) is 0 Å². The number of ether oxygens (including phenoxy) is 1. The van der Waals surface area contributed by atoms with Gasteiger partial charge >= 0.3 is 5.97 Å². The zero-order chi connectivity index (χ0) is 22.5. The number of hydrogen-bond acceptors (Lipinski definition) is 7. The van der Waals surface area contributed by atoms with Crippen LogP contribution in [0.15, 0.2) is 41.1 Å². The molecule has 4 rings (SSSR count). The number of likely N-dealkylation sites (tertiary alicyclic amines) is 1. The van der Waals surface area contributed by atoms with E-state index in [2.05, 4.69) is 9.88 Å². The summed E-state index contributed by atoms with van der Waals surface area (Å²) in [7, 11) is 0. The van der Waals surface area contributed by atoms with Gasteiger partial charge in [0.25, 0.3) is 5.91 Å². The molecule has 0 radical (unpaired) electrons. The van der Waals surface area contributed by atoms with E-state index >= 15 is 0 Å². The molecular weight excluding hydrogens is 412 g/mol. The zero-order valence-electron chi connectivity index (χ0n) is 18.2. The van der Waals surface area contributed by atoms with Gasteiger partial charge in [0.05, 0.1) is 18.4 Å². The summed E-state index contributed by atoms with van der Waals surface area (Å²) in [6.07, 6.45) is 5.27. The van der Waals surface area contributed by atoms with Crippen molar-refractivity contribution in [2.75, 3.05) is 44.2 Å². The molecule has 0 aliphatic carbocycles. The summed E-state index contributed by atoms with van der Waals surface area (Å²) in [6.45, 7) is 5.23. The van der Waals surface area contributed by atoms with Crippen LogP contribution in [0.1, 0.15) is 47.1 Å². The maximum atomic E-state index is 13.3. The molecule has 4 heterocycles. The molecular formula is C23H28N4O5. The third kappa shape index (κ3) is 4.61. The van der Waals surface area contributed by atoms with Crippen LogP contribution in [-0.4, -0.2) is 77.9 Å². The van der Waals surface area contributed by atoms with E-state index < -0.39 is 6.04 Å². The number of hydrogen-bond donors (Lipinski definition) is 0. The van der Waals surface area contributed by atoms with Gasteiger partial charge in [-0.15, -0.1) is 0 Å². The Balaban J connectivity index is 1.38. The molecule has 9 heteroatoms. The van der Waals surface area contributed by atoms with Crippen molar-refractivity contribution in [1.82, 2.24) is 14.8 Å². The van der Waals surface area contributed by atoms with Gasteiger partial charge in [0.15, 0.2) is 5.76 Å². The lowest BCUT2D eigenvalue weighted by molar-refractivity contribution is -0.135. The van der Waals surface area contributed by atoms with E-state index in [1.165, 1.54) is 12.5 Å². The molecule has 2 amide bonds. The molecule has 0 aromatic carbocycles. The van der Waals surface area contributed by atoms with E-state index in [0.29, 0.717) is 44.8 Å². The number of furan rings is 1. The number of amides is 2. The van der Waals surface area contributed by atoms with Crippen LogP contribution in [-0.2, 0) is 9.53 Å². The van der Waals surface area contributed by atoms with Crippen molar-refractivity contribution >= 4 is 23.6 Å². The Bertz CT molecular complexity index is 944. The highest BCUT2D eigenvalue weighted by atomic mass is 16.5. The Morgan fingerprint density at radius 1 is 1.09 bits per heavy atom. The number of anilines is 1. The number of esters is 1. The summed E-state index contributed by atoms with van der Waals surface area (Å²) in [5.41, 5.74) is 0.421. The average molecular weight is 441 g/mol. The van der Waals surface area contributed by atoms with Gasteiger partial charge < -0.3 is 23.9 Å². The number of rotatable bonds is 5. The summed E-state index contributed by atoms with van der Waals surface area (Å²) >= 11 is 0. The van der Waals surface area contributed by atoms with Crippen molar-refractivity contribution in [1.29, 1.82) is 0 Å². The first-order valence-corrected chi connectivity index (χ1v) is 11.1. The second-order valence-corrected chi connectivity index (χ2v) is 7.93. The first-order valence-electron chi connectivity index (χ1n) is 11.1. The van der Waals surface area contributed by atoms with Crippen molar-refractivity contribution in [3.8, 4) is 0 Å². The minimum atomic E-state index is -0.443. The Morgan fingerprint density at radius 2 is 1.97 bits per heavy atom. The molecule has 170 valence electrons. The summed E-state index contributed by atoms with van der Waals surface area (Å²) < 4.78 is 10.2. The largest absolute Gasteiger partial charge is 0.462 e. The first kappa shape index (κ1) is 21.9. The molecule has 1 unspecified atom stereocenters. The number of carbonyl (C=O) groups excluding carboxylic acids is 3. The number of pyridine rings is 1. The van der Waals surface area contributed by atoms with Crippen LogP contribution in [0.2, 0.25) is 0 Å². The molecule has 2 aliphatic heterocycles. The van der Waals surface area contributed by atoms with E-state index in [9.17, 15) is 14.4 Å². The molecule has 2 aromatic heterocycles. The lowest BCUT2D eigenvalue weighted by atomic mass is 10.1. The molecule has 2 fully saturated rings. The van der Waals surface area contributed by atoms with Crippen LogP contribution in [0, 0.1) is 0 Å². The fourth-order valence-corrected chi connectivity index (χ4v) is 4.29. The fraction of sp³-hybridized carbons (Fsp3) is 0.478. The van der Waals surface area contributed by atoms with Crippen LogP contribution in [0.3, 0.4) is 0 Å². The van der Waals surface area contributed by atoms with Gasteiger partial charge in [-0.25, -0.2) is 9.78 Å². The molecule has 0 N–H and O–H groups in total. The average Bonchev–Trinajstić information content (AvgIpc) is 3.47. The summed E-state index contributed by atoms with van der Waals surface area (Å²) in [4.78, 5) is 47.9. The van der Waals surface area contributed by atoms with Gasteiger partial charge in [0.1, 0.15) is 11.9 Å². The van der Waals surface area contributed by atoms with Gasteiger partial charge in [-0.1, -0.05) is 0 Å². The van der Waals surface area contributed by atoms with Crippen LogP contribution in [0.5, 0.6) is 0 Å². The molecule has 0 saturated carbocycles. The van der Waals surface area contributed by atoms with E-state index in [0.717, 1.165) is 25.2 Å².